The summed E-state index contributed by atoms with van der Waals surface area (Å²) in [6.45, 7) is 6.99. The molecule has 0 rings (SSSR count). The van der Waals surface area contributed by atoms with Gasteiger partial charge in [-0.05, 0) is 20.8 Å². The number of allylic oxidation sites excluding steroid dienone is 1. The highest BCUT2D eigenvalue weighted by Gasteiger charge is 2.19. The van der Waals surface area contributed by atoms with Gasteiger partial charge in [0.2, 0.25) is 0 Å². The summed E-state index contributed by atoms with van der Waals surface area (Å²) in [6.07, 6.45) is 2.12. The highest BCUT2D eigenvalue weighted by Crippen LogP contribution is 2.08. The number of nitrogens with one attached hydrogen (secondary N) is 1. The van der Waals surface area contributed by atoms with Crippen LogP contribution < -0.4 is 5.32 Å². The lowest BCUT2D eigenvalue weighted by atomic mass is 10.1. The first-order chi connectivity index (χ1) is 5.54. The zero-order chi connectivity index (χ0) is 9.61. The van der Waals surface area contributed by atoms with Gasteiger partial charge in [0.15, 0.2) is 0 Å². The van der Waals surface area contributed by atoms with E-state index in [0.29, 0.717) is 11.8 Å². The van der Waals surface area contributed by atoms with Crippen LogP contribution in [-0.2, 0) is 0 Å². The molecule has 0 atom stereocenters. The van der Waals surface area contributed by atoms with Crippen LogP contribution in [0.5, 0.6) is 0 Å². The number of alkyl halides is 2. The maximum atomic E-state index is 5.76. The number of hydrogen-bond donors (Lipinski definition) is 1. The predicted octanol–water partition coefficient (Wildman–Crippen LogP) is 2.78. The molecule has 0 amide bonds. The van der Waals surface area contributed by atoms with E-state index >= 15 is 0 Å². The van der Waals surface area contributed by atoms with Crippen LogP contribution in [-0.4, -0.2) is 23.8 Å². The van der Waals surface area contributed by atoms with Crippen molar-refractivity contribution < 1.29 is 0 Å². The first kappa shape index (κ1) is 12.3. The van der Waals surface area contributed by atoms with E-state index < -0.39 is 0 Å². The molecule has 0 aliphatic rings. The van der Waals surface area contributed by atoms with Gasteiger partial charge in [-0.3, -0.25) is 0 Å². The van der Waals surface area contributed by atoms with Gasteiger partial charge in [-0.2, -0.15) is 0 Å². The molecule has 0 heterocycles. The fraction of sp³-hybridized carbons (Fsp3) is 0.778. The molecule has 0 saturated carbocycles. The normalized spacial score (nSPS) is 11.4. The maximum Gasteiger partial charge on any atom is 0.0427 e. The van der Waals surface area contributed by atoms with Gasteiger partial charge in [0.05, 0.1) is 0 Å². The smallest absolute Gasteiger partial charge is 0.0427 e. The third kappa shape index (κ3) is 5.02. The zero-order valence-electron chi connectivity index (χ0n) is 7.95. The molecule has 0 aromatic rings. The molecule has 0 aliphatic heterocycles. The molecular weight excluding hydrogens is 193 g/mol. The molecule has 0 aliphatic carbocycles. The predicted molar refractivity (Wildman–Crippen MR) is 57.3 cm³/mol. The third-order valence-corrected chi connectivity index (χ3v) is 2.81. The number of hydrogen-bond acceptors (Lipinski definition) is 1. The molecule has 0 aromatic heterocycles. The third-order valence-electron chi connectivity index (χ3n) is 1.63. The monoisotopic (exact) mass is 209 g/mol. The molecule has 12 heavy (non-hydrogen) atoms. The summed E-state index contributed by atoms with van der Waals surface area (Å²) >= 11 is 11.5. The molecule has 72 valence electrons. The molecule has 0 bridgehead atoms. The van der Waals surface area contributed by atoms with Crippen molar-refractivity contribution in [3.63, 3.8) is 0 Å². The van der Waals surface area contributed by atoms with Crippen LogP contribution in [0.15, 0.2) is 11.6 Å². The first-order valence-electron chi connectivity index (χ1n) is 4.04. The van der Waals surface area contributed by atoms with Gasteiger partial charge in [0.1, 0.15) is 0 Å². The summed E-state index contributed by atoms with van der Waals surface area (Å²) < 4.78 is 0. The summed E-state index contributed by atoms with van der Waals surface area (Å²) in [6, 6.07) is 0. The maximum absolute atomic E-state index is 5.76. The van der Waals surface area contributed by atoms with E-state index in [4.69, 9.17) is 23.2 Å². The van der Waals surface area contributed by atoms with Gasteiger partial charge in [0.25, 0.3) is 0 Å². The van der Waals surface area contributed by atoms with Gasteiger partial charge in [-0.1, -0.05) is 11.6 Å². The van der Waals surface area contributed by atoms with E-state index in [0.717, 1.165) is 6.54 Å². The van der Waals surface area contributed by atoms with Gasteiger partial charge in [-0.25, -0.2) is 0 Å². The van der Waals surface area contributed by atoms with E-state index in [2.05, 4.69) is 25.2 Å². The van der Waals surface area contributed by atoms with E-state index in [-0.39, 0.29) is 5.54 Å². The zero-order valence-corrected chi connectivity index (χ0v) is 9.47. The summed E-state index contributed by atoms with van der Waals surface area (Å²) in [7, 11) is 0. The van der Waals surface area contributed by atoms with Crippen LogP contribution in [0.25, 0.3) is 0 Å². The minimum absolute atomic E-state index is 0.144. The molecule has 3 heteroatoms. The Hall–Kier alpha value is 0.280. The minimum atomic E-state index is -0.144. The Morgan fingerprint density at radius 1 is 1.33 bits per heavy atom. The second-order valence-corrected chi connectivity index (χ2v) is 4.02. The van der Waals surface area contributed by atoms with E-state index in [1.165, 1.54) is 5.57 Å². The van der Waals surface area contributed by atoms with Crippen LogP contribution >= 0.6 is 23.2 Å². The van der Waals surface area contributed by atoms with Crippen LogP contribution in [0.4, 0.5) is 0 Å². The Labute approximate surface area is 85.1 Å². The van der Waals surface area contributed by atoms with E-state index in [1.54, 1.807) is 0 Å². The molecule has 0 aromatic carbocycles. The Balaban J connectivity index is 3.81. The molecule has 0 unspecified atom stereocenters. The average Bonchev–Trinajstić information content (AvgIpc) is 2.03. The fourth-order valence-electron chi connectivity index (χ4n) is 0.632. The minimum Gasteiger partial charge on any atom is -0.306 e. The van der Waals surface area contributed by atoms with Crippen molar-refractivity contribution in [2.45, 2.75) is 26.3 Å². The summed E-state index contributed by atoms with van der Waals surface area (Å²) in [4.78, 5) is 0. The molecule has 0 fully saturated rings. The van der Waals surface area contributed by atoms with Crippen LogP contribution in [0.1, 0.15) is 20.8 Å². The van der Waals surface area contributed by atoms with E-state index in [9.17, 15) is 0 Å². The van der Waals surface area contributed by atoms with Crippen molar-refractivity contribution in [3.05, 3.63) is 11.6 Å². The summed E-state index contributed by atoms with van der Waals surface area (Å²) in [5, 5.41) is 3.29. The lowest BCUT2D eigenvalue weighted by Gasteiger charge is -2.25. The van der Waals surface area contributed by atoms with Crippen molar-refractivity contribution in [3.8, 4) is 0 Å². The highest BCUT2D eigenvalue weighted by atomic mass is 35.5. The van der Waals surface area contributed by atoms with Crippen LogP contribution in [0.3, 0.4) is 0 Å². The SMILES string of the molecule is CC(C)=CCNC(C)(CCl)CCl. The Morgan fingerprint density at radius 3 is 2.17 bits per heavy atom. The van der Waals surface area contributed by atoms with Crippen LogP contribution in [0.2, 0.25) is 0 Å². The molecule has 0 saturated heterocycles. The fourth-order valence-corrected chi connectivity index (χ4v) is 1.11. The van der Waals surface area contributed by atoms with Crippen molar-refractivity contribution in [1.29, 1.82) is 0 Å². The topological polar surface area (TPSA) is 12.0 Å². The lowest BCUT2D eigenvalue weighted by molar-refractivity contribution is 0.460. The van der Waals surface area contributed by atoms with Crippen molar-refractivity contribution >= 4 is 23.2 Å². The molecule has 1 nitrogen and oxygen atoms in total. The van der Waals surface area contributed by atoms with E-state index in [1.807, 2.05) is 6.92 Å². The first-order valence-corrected chi connectivity index (χ1v) is 5.11. The summed E-state index contributed by atoms with van der Waals surface area (Å²) in [5.74, 6) is 1.07. The Kier molecular flexibility index (Phi) is 5.98. The molecule has 0 spiro atoms. The quantitative estimate of drug-likeness (QED) is 0.543. The molecule has 1 N–H and O–H groups in total. The Bertz CT molecular complexity index is 147. The van der Waals surface area contributed by atoms with Crippen LogP contribution in [0, 0.1) is 0 Å². The number of rotatable bonds is 5. The molecular formula is C9H17Cl2N. The van der Waals surface area contributed by atoms with Gasteiger partial charge >= 0.3 is 0 Å². The lowest BCUT2D eigenvalue weighted by Crippen LogP contribution is -2.46. The highest BCUT2D eigenvalue weighted by molar-refractivity contribution is 6.22. The van der Waals surface area contributed by atoms with Gasteiger partial charge < -0.3 is 5.32 Å². The van der Waals surface area contributed by atoms with Gasteiger partial charge in [0, 0.05) is 23.8 Å². The molecule has 0 radical (unpaired) electrons. The number of halogens is 2. The van der Waals surface area contributed by atoms with Crippen molar-refractivity contribution in [2.24, 2.45) is 0 Å². The largest absolute Gasteiger partial charge is 0.306 e. The van der Waals surface area contributed by atoms with Crippen molar-refractivity contribution in [2.75, 3.05) is 18.3 Å². The van der Waals surface area contributed by atoms with Crippen molar-refractivity contribution in [1.82, 2.24) is 5.32 Å². The summed E-state index contributed by atoms with van der Waals surface area (Å²) in [5.41, 5.74) is 1.16. The van der Waals surface area contributed by atoms with Gasteiger partial charge in [-0.15, -0.1) is 23.2 Å². The Morgan fingerprint density at radius 2 is 1.83 bits per heavy atom. The average molecular weight is 210 g/mol. The second-order valence-electron chi connectivity index (χ2n) is 3.49. The standard InChI is InChI=1S/C9H17Cl2N/c1-8(2)4-5-12-9(3,6-10)7-11/h4,12H,5-7H2,1-3H3. The second kappa shape index (κ2) is 5.85.